The van der Waals surface area contributed by atoms with Crippen molar-refractivity contribution in [3.8, 4) is 0 Å². The van der Waals surface area contributed by atoms with Gasteiger partial charge in [-0.25, -0.2) is 4.79 Å². The van der Waals surface area contributed by atoms with E-state index >= 15 is 0 Å². The topological polar surface area (TPSA) is 68.4 Å². The van der Waals surface area contributed by atoms with Crippen LogP contribution in [0.4, 0.5) is 0 Å². The zero-order valence-corrected chi connectivity index (χ0v) is 16.9. The molecule has 0 aliphatic rings. The largest absolute Gasteiger partial charge is 0.462 e. The van der Waals surface area contributed by atoms with Gasteiger partial charge in [-0.3, -0.25) is 4.79 Å². The van der Waals surface area contributed by atoms with Gasteiger partial charge in [0.25, 0.3) is 0 Å². The Hall–Kier alpha value is -2.82. The van der Waals surface area contributed by atoms with Crippen LogP contribution in [0.2, 0.25) is 0 Å². The summed E-state index contributed by atoms with van der Waals surface area (Å²) in [5.41, 5.74) is 2.79. The van der Waals surface area contributed by atoms with Gasteiger partial charge in [0.15, 0.2) is 0 Å². The summed E-state index contributed by atoms with van der Waals surface area (Å²) in [5, 5.41) is 2.10. The van der Waals surface area contributed by atoms with Crippen molar-refractivity contribution in [2.45, 2.75) is 47.1 Å². The first-order valence-corrected chi connectivity index (χ1v) is 9.74. The van der Waals surface area contributed by atoms with E-state index in [1.54, 1.807) is 6.07 Å². The Kier molecular flexibility index (Phi) is 5.73. The Balaban J connectivity index is 1.83. The molecule has 3 rings (SSSR count). The maximum Gasteiger partial charge on any atom is 0.338 e. The lowest BCUT2D eigenvalue weighted by Gasteiger charge is -2.20. The molecule has 0 spiro atoms. The van der Waals surface area contributed by atoms with E-state index in [2.05, 4.69) is 4.98 Å². The van der Waals surface area contributed by atoms with E-state index in [1.165, 1.54) is 0 Å². The van der Waals surface area contributed by atoms with Crippen molar-refractivity contribution in [2.24, 2.45) is 5.41 Å². The zero-order valence-electron chi connectivity index (χ0n) is 16.9. The third kappa shape index (κ3) is 4.03. The predicted molar refractivity (Wildman–Crippen MR) is 110 cm³/mol. The molecule has 0 saturated carbocycles. The number of H-pyrrole nitrogens is 1. The van der Waals surface area contributed by atoms with E-state index in [-0.39, 0.29) is 18.5 Å². The van der Waals surface area contributed by atoms with Gasteiger partial charge in [0.05, 0.1) is 17.6 Å². The van der Waals surface area contributed by atoms with E-state index in [0.29, 0.717) is 12.2 Å². The minimum atomic E-state index is -0.478. The number of carbonyl (C=O) groups is 2. The molecule has 0 saturated heterocycles. The maximum atomic E-state index is 12.2. The fourth-order valence-corrected chi connectivity index (χ4v) is 2.94. The molecule has 0 unspecified atom stereocenters. The number of fused-ring (bicyclic) bond motifs is 3. The van der Waals surface area contributed by atoms with Crippen LogP contribution in [0, 0.1) is 5.41 Å². The Morgan fingerprint density at radius 1 is 0.964 bits per heavy atom. The van der Waals surface area contributed by atoms with Gasteiger partial charge in [0.2, 0.25) is 0 Å². The molecule has 28 heavy (non-hydrogen) atoms. The minimum Gasteiger partial charge on any atom is -0.462 e. The molecule has 5 nitrogen and oxygen atoms in total. The number of nitrogens with one attached hydrogen (secondary N) is 1. The van der Waals surface area contributed by atoms with Gasteiger partial charge in [-0.1, -0.05) is 32.0 Å². The van der Waals surface area contributed by atoms with Crippen LogP contribution in [0.25, 0.3) is 21.8 Å². The Bertz CT molecular complexity index is 1020. The molecule has 5 heteroatoms. The second-order valence-corrected chi connectivity index (χ2v) is 7.71. The molecule has 1 aromatic heterocycles. The summed E-state index contributed by atoms with van der Waals surface area (Å²) < 4.78 is 10.7. The highest BCUT2D eigenvalue weighted by Crippen LogP contribution is 2.28. The van der Waals surface area contributed by atoms with Gasteiger partial charge in [-0.05, 0) is 50.5 Å². The van der Waals surface area contributed by atoms with E-state index < -0.39 is 5.41 Å². The van der Waals surface area contributed by atoms with Crippen molar-refractivity contribution in [1.29, 1.82) is 0 Å². The Labute approximate surface area is 165 Å². The predicted octanol–water partition coefficient (Wildman–Crippen LogP) is 5.37. The number of hydrogen-bond acceptors (Lipinski definition) is 4. The quantitative estimate of drug-likeness (QED) is 0.559. The molecule has 0 aliphatic heterocycles. The number of carbonyl (C=O) groups excluding carboxylic acids is 2. The SMILES string of the molecule is CCCOC(=O)c1ccc2c(c1)[nH]c1cc(COC(=O)C(C)(C)CC)ccc12. The van der Waals surface area contributed by atoms with Crippen LogP contribution in [-0.4, -0.2) is 23.5 Å². The second kappa shape index (κ2) is 8.05. The number of esters is 2. The number of benzene rings is 2. The number of aromatic nitrogens is 1. The van der Waals surface area contributed by atoms with Crippen LogP contribution < -0.4 is 0 Å². The molecule has 0 atom stereocenters. The fraction of sp³-hybridized carbons (Fsp3) is 0.391. The third-order valence-electron chi connectivity index (χ3n) is 5.14. The third-order valence-corrected chi connectivity index (χ3v) is 5.14. The fourth-order valence-electron chi connectivity index (χ4n) is 2.94. The van der Waals surface area contributed by atoms with Crippen molar-refractivity contribution in [3.05, 3.63) is 47.5 Å². The first kappa shape index (κ1) is 19.9. The van der Waals surface area contributed by atoms with Crippen molar-refractivity contribution in [1.82, 2.24) is 4.98 Å². The van der Waals surface area contributed by atoms with Crippen molar-refractivity contribution in [2.75, 3.05) is 6.61 Å². The summed E-state index contributed by atoms with van der Waals surface area (Å²) >= 11 is 0. The molecule has 0 radical (unpaired) electrons. The lowest BCUT2D eigenvalue weighted by Crippen LogP contribution is -2.25. The average molecular weight is 381 g/mol. The normalized spacial score (nSPS) is 11.7. The maximum absolute atomic E-state index is 12.2. The van der Waals surface area contributed by atoms with E-state index in [4.69, 9.17) is 9.47 Å². The van der Waals surface area contributed by atoms with Crippen LogP contribution in [0.5, 0.6) is 0 Å². The van der Waals surface area contributed by atoms with Crippen LogP contribution in [-0.2, 0) is 20.9 Å². The Morgan fingerprint density at radius 2 is 1.64 bits per heavy atom. The monoisotopic (exact) mass is 381 g/mol. The van der Waals surface area contributed by atoms with Crippen LogP contribution >= 0.6 is 0 Å². The molecule has 1 N–H and O–H groups in total. The summed E-state index contributed by atoms with van der Waals surface area (Å²) in [6, 6.07) is 11.5. The van der Waals surface area contributed by atoms with E-state index in [9.17, 15) is 9.59 Å². The van der Waals surface area contributed by atoms with Gasteiger partial charge in [0.1, 0.15) is 6.61 Å². The zero-order chi connectivity index (χ0) is 20.3. The molecule has 0 aliphatic carbocycles. The van der Waals surface area contributed by atoms with Crippen LogP contribution in [0.15, 0.2) is 36.4 Å². The number of aromatic amines is 1. The molecular formula is C23H27NO4. The van der Waals surface area contributed by atoms with Gasteiger partial charge >= 0.3 is 11.9 Å². The van der Waals surface area contributed by atoms with Crippen molar-refractivity contribution >= 4 is 33.7 Å². The van der Waals surface area contributed by atoms with Crippen LogP contribution in [0.3, 0.4) is 0 Å². The molecule has 0 amide bonds. The summed E-state index contributed by atoms with van der Waals surface area (Å²) in [7, 11) is 0. The molecule has 0 bridgehead atoms. The van der Waals surface area contributed by atoms with Gasteiger partial charge in [-0.15, -0.1) is 0 Å². The van der Waals surface area contributed by atoms with E-state index in [0.717, 1.165) is 40.2 Å². The highest BCUT2D eigenvalue weighted by atomic mass is 16.5. The molecule has 148 valence electrons. The van der Waals surface area contributed by atoms with Gasteiger partial charge in [-0.2, -0.15) is 0 Å². The highest BCUT2D eigenvalue weighted by Gasteiger charge is 2.27. The lowest BCUT2D eigenvalue weighted by atomic mass is 9.91. The lowest BCUT2D eigenvalue weighted by molar-refractivity contribution is -0.155. The number of hydrogen-bond donors (Lipinski definition) is 1. The summed E-state index contributed by atoms with van der Waals surface area (Å²) in [6.07, 6.45) is 1.53. The molecule has 1 heterocycles. The summed E-state index contributed by atoms with van der Waals surface area (Å²) in [5.74, 6) is -0.504. The van der Waals surface area contributed by atoms with Crippen molar-refractivity contribution in [3.63, 3.8) is 0 Å². The van der Waals surface area contributed by atoms with Crippen molar-refractivity contribution < 1.29 is 19.1 Å². The summed E-state index contributed by atoms with van der Waals surface area (Å²) in [4.78, 5) is 27.6. The highest BCUT2D eigenvalue weighted by molar-refractivity contribution is 6.09. The average Bonchev–Trinajstić information content (AvgIpc) is 3.06. The van der Waals surface area contributed by atoms with E-state index in [1.807, 2.05) is 58.0 Å². The smallest absolute Gasteiger partial charge is 0.338 e. The number of ether oxygens (including phenoxy) is 2. The van der Waals surface area contributed by atoms with Gasteiger partial charge < -0.3 is 14.5 Å². The first-order valence-electron chi connectivity index (χ1n) is 9.74. The minimum absolute atomic E-state index is 0.193. The second-order valence-electron chi connectivity index (χ2n) is 7.71. The van der Waals surface area contributed by atoms with Crippen LogP contribution in [0.1, 0.15) is 56.5 Å². The molecular weight excluding hydrogens is 354 g/mol. The number of rotatable bonds is 7. The summed E-state index contributed by atoms with van der Waals surface area (Å²) in [6.45, 7) is 8.37. The molecule has 2 aromatic carbocycles. The Morgan fingerprint density at radius 3 is 2.32 bits per heavy atom. The molecule has 0 fully saturated rings. The first-order chi connectivity index (χ1) is 13.4. The standard InChI is InChI=1S/C23H27NO4/c1-5-11-27-21(25)16-8-10-18-17-9-7-15(12-19(17)24-20(18)13-16)14-28-22(26)23(3,4)6-2/h7-10,12-13,24H,5-6,11,14H2,1-4H3. The molecule has 3 aromatic rings. The van der Waals surface area contributed by atoms with Gasteiger partial charge in [0, 0.05) is 21.8 Å².